The van der Waals surface area contributed by atoms with E-state index in [-0.39, 0.29) is 5.30 Å². The Labute approximate surface area is 163 Å². The van der Waals surface area contributed by atoms with Crippen molar-refractivity contribution in [3.8, 4) is 0 Å². The molecule has 2 rings (SSSR count). The molecule has 0 aliphatic heterocycles. The van der Waals surface area contributed by atoms with Crippen molar-refractivity contribution in [2.24, 2.45) is 0 Å². The minimum Gasteiger partial charge on any atom is -0.336 e. The first kappa shape index (κ1) is 21.6. The molecule has 0 amide bonds. The van der Waals surface area contributed by atoms with Crippen molar-refractivity contribution in [2.45, 2.75) is 66.2 Å². The molecule has 0 fully saturated rings. The van der Waals surface area contributed by atoms with Gasteiger partial charge in [0.15, 0.2) is 0 Å². The Morgan fingerprint density at radius 1 is 0.926 bits per heavy atom. The predicted octanol–water partition coefficient (Wildman–Crippen LogP) is 5.72. The van der Waals surface area contributed by atoms with Gasteiger partial charge in [-0.15, -0.1) is 0 Å². The zero-order valence-corrected chi connectivity index (χ0v) is 17.8. The van der Waals surface area contributed by atoms with Crippen LogP contribution >= 0.6 is 7.37 Å². The Bertz CT molecular complexity index is 831. The van der Waals surface area contributed by atoms with Crippen LogP contribution in [-0.4, -0.2) is 10.4 Å². The first-order valence-corrected chi connectivity index (χ1v) is 11.5. The van der Waals surface area contributed by atoms with Crippen molar-refractivity contribution >= 4 is 18.2 Å². The first-order chi connectivity index (χ1) is 12.8. The second kappa shape index (κ2) is 9.48. The molecule has 1 atom stereocenters. The molecule has 1 N–H and O–H groups in total. The van der Waals surface area contributed by atoms with Gasteiger partial charge in [-0.1, -0.05) is 57.4 Å². The van der Waals surface area contributed by atoms with E-state index in [4.69, 9.17) is 0 Å². The summed E-state index contributed by atoms with van der Waals surface area (Å²) in [6, 6.07) is 11.0. The van der Waals surface area contributed by atoms with Crippen LogP contribution in [0.1, 0.15) is 72.1 Å². The molecular weight excluding hydrogens is 355 g/mol. The topological polar surface area (TPSA) is 54.4 Å². The van der Waals surface area contributed by atoms with Gasteiger partial charge in [0.05, 0.1) is 0 Å². The SMILES string of the molecule is CCCCCc1cc(C)c(C(=O)P(=O)(O)c2cccc(CCC)c2)c(C)c1. The molecular formula is C23H31O3P. The Morgan fingerprint density at radius 2 is 1.59 bits per heavy atom. The molecule has 0 saturated heterocycles. The van der Waals surface area contributed by atoms with Gasteiger partial charge >= 0.3 is 0 Å². The molecule has 146 valence electrons. The Kier molecular flexibility index (Phi) is 7.59. The van der Waals surface area contributed by atoms with Crippen LogP contribution < -0.4 is 5.30 Å². The summed E-state index contributed by atoms with van der Waals surface area (Å²) in [6.45, 7) is 7.95. The fraction of sp³-hybridized carbons (Fsp3) is 0.435. The van der Waals surface area contributed by atoms with Crippen molar-refractivity contribution in [3.05, 3.63) is 64.2 Å². The van der Waals surface area contributed by atoms with Gasteiger partial charge in [0.25, 0.3) is 12.9 Å². The monoisotopic (exact) mass is 386 g/mol. The lowest BCUT2D eigenvalue weighted by atomic mass is 9.97. The summed E-state index contributed by atoms with van der Waals surface area (Å²) in [7, 11) is -4.14. The van der Waals surface area contributed by atoms with Crippen molar-refractivity contribution in [1.29, 1.82) is 0 Å². The number of carbonyl (C=O) groups excluding carboxylic acids is 1. The second-order valence-corrected chi connectivity index (χ2v) is 9.44. The Morgan fingerprint density at radius 3 is 2.19 bits per heavy atom. The fourth-order valence-corrected chi connectivity index (χ4v) is 5.09. The van der Waals surface area contributed by atoms with Crippen LogP contribution in [0, 0.1) is 13.8 Å². The van der Waals surface area contributed by atoms with Crippen LogP contribution in [0.15, 0.2) is 36.4 Å². The van der Waals surface area contributed by atoms with Gasteiger partial charge in [0.2, 0.25) is 0 Å². The molecule has 0 radical (unpaired) electrons. The molecule has 27 heavy (non-hydrogen) atoms. The van der Waals surface area contributed by atoms with E-state index in [1.54, 1.807) is 18.2 Å². The zero-order chi connectivity index (χ0) is 20.0. The number of benzene rings is 2. The number of hydrogen-bond acceptors (Lipinski definition) is 2. The highest BCUT2D eigenvalue weighted by Crippen LogP contribution is 2.44. The van der Waals surface area contributed by atoms with Crippen molar-refractivity contribution in [1.82, 2.24) is 0 Å². The molecule has 2 aromatic rings. The molecule has 0 aliphatic carbocycles. The van der Waals surface area contributed by atoms with E-state index >= 15 is 0 Å². The van der Waals surface area contributed by atoms with Gasteiger partial charge in [-0.3, -0.25) is 9.36 Å². The Balaban J connectivity index is 2.35. The zero-order valence-electron chi connectivity index (χ0n) is 16.9. The average Bonchev–Trinajstić information content (AvgIpc) is 2.62. The normalized spacial score (nSPS) is 13.4. The van der Waals surface area contributed by atoms with Gasteiger partial charge in [-0.05, 0) is 67.5 Å². The lowest BCUT2D eigenvalue weighted by Gasteiger charge is -2.16. The average molecular weight is 386 g/mol. The van der Waals surface area contributed by atoms with Crippen LogP contribution in [0.4, 0.5) is 0 Å². The van der Waals surface area contributed by atoms with Gasteiger partial charge in [-0.25, -0.2) is 0 Å². The maximum atomic E-state index is 13.1. The predicted molar refractivity (Wildman–Crippen MR) is 113 cm³/mol. The van der Waals surface area contributed by atoms with Crippen molar-refractivity contribution in [2.75, 3.05) is 0 Å². The van der Waals surface area contributed by atoms with E-state index in [1.807, 2.05) is 32.0 Å². The summed E-state index contributed by atoms with van der Waals surface area (Å²) >= 11 is 0. The Hall–Kier alpha value is -1.70. The number of hydrogen-bond donors (Lipinski definition) is 1. The molecule has 0 heterocycles. The third kappa shape index (κ3) is 5.18. The third-order valence-electron chi connectivity index (χ3n) is 4.95. The summed E-state index contributed by atoms with van der Waals surface area (Å²) in [5.41, 5.74) is 3.47. The fourth-order valence-electron chi connectivity index (χ4n) is 3.57. The maximum Gasteiger partial charge on any atom is 0.298 e. The van der Waals surface area contributed by atoms with E-state index in [1.165, 1.54) is 18.4 Å². The summed E-state index contributed by atoms with van der Waals surface area (Å²) < 4.78 is 13.1. The summed E-state index contributed by atoms with van der Waals surface area (Å²) in [4.78, 5) is 23.7. The van der Waals surface area contributed by atoms with E-state index in [0.717, 1.165) is 42.4 Å². The van der Waals surface area contributed by atoms with Crippen LogP contribution in [0.25, 0.3) is 0 Å². The number of unbranched alkanes of at least 4 members (excludes halogenated alkanes) is 2. The highest BCUT2D eigenvalue weighted by Gasteiger charge is 2.34. The van der Waals surface area contributed by atoms with Gasteiger partial charge in [0.1, 0.15) is 0 Å². The molecule has 0 bridgehead atoms. The number of carbonyl (C=O) groups is 1. The van der Waals surface area contributed by atoms with E-state index in [0.29, 0.717) is 5.56 Å². The van der Waals surface area contributed by atoms with Gasteiger partial charge in [0, 0.05) is 10.9 Å². The van der Waals surface area contributed by atoms with Crippen LogP contribution in [0.3, 0.4) is 0 Å². The van der Waals surface area contributed by atoms with E-state index < -0.39 is 12.9 Å². The van der Waals surface area contributed by atoms with Crippen LogP contribution in [0.5, 0.6) is 0 Å². The van der Waals surface area contributed by atoms with Gasteiger partial charge in [-0.2, -0.15) is 0 Å². The molecule has 0 aliphatic rings. The van der Waals surface area contributed by atoms with Crippen molar-refractivity contribution in [3.63, 3.8) is 0 Å². The number of aryl methyl sites for hydroxylation is 4. The largest absolute Gasteiger partial charge is 0.336 e. The summed E-state index contributed by atoms with van der Waals surface area (Å²) in [6.07, 6.45) is 6.21. The third-order valence-corrected chi connectivity index (χ3v) is 6.70. The molecule has 0 saturated carbocycles. The molecule has 1 unspecified atom stereocenters. The maximum absolute atomic E-state index is 13.1. The minimum atomic E-state index is -4.14. The molecule has 3 nitrogen and oxygen atoms in total. The second-order valence-electron chi connectivity index (χ2n) is 7.36. The molecule has 2 aromatic carbocycles. The molecule has 0 aromatic heterocycles. The summed E-state index contributed by atoms with van der Waals surface area (Å²) in [5, 5.41) is 0.226. The highest BCUT2D eigenvalue weighted by molar-refractivity contribution is 7.82. The van der Waals surface area contributed by atoms with Crippen LogP contribution in [-0.2, 0) is 17.4 Å². The lowest BCUT2D eigenvalue weighted by molar-refractivity contribution is 0.106. The smallest absolute Gasteiger partial charge is 0.298 e. The first-order valence-electron chi connectivity index (χ1n) is 9.88. The lowest BCUT2D eigenvalue weighted by Crippen LogP contribution is -2.15. The molecule has 0 spiro atoms. The van der Waals surface area contributed by atoms with Crippen molar-refractivity contribution < 1.29 is 14.3 Å². The van der Waals surface area contributed by atoms with Gasteiger partial charge < -0.3 is 4.89 Å². The number of rotatable bonds is 9. The van der Waals surface area contributed by atoms with Crippen LogP contribution in [0.2, 0.25) is 0 Å². The minimum absolute atomic E-state index is 0.226. The standard InChI is InChI=1S/C23H31O3P/c1-5-7-8-11-20-14-17(3)22(18(4)15-20)23(24)27(25,26)21-13-9-12-19(16-21)10-6-2/h9,12-16H,5-8,10-11H2,1-4H3,(H,25,26). The quantitative estimate of drug-likeness (QED) is 0.443. The molecule has 4 heteroatoms. The summed E-state index contributed by atoms with van der Waals surface area (Å²) in [5.74, 6) is 0. The van der Waals surface area contributed by atoms with E-state index in [9.17, 15) is 14.3 Å². The van der Waals surface area contributed by atoms with E-state index in [2.05, 4.69) is 13.8 Å². The highest BCUT2D eigenvalue weighted by atomic mass is 31.2.